The van der Waals surface area contributed by atoms with Gasteiger partial charge in [0.15, 0.2) is 0 Å². The second-order valence-electron chi connectivity index (χ2n) is 8.02. The Kier molecular flexibility index (Phi) is 13.9. The summed E-state index contributed by atoms with van der Waals surface area (Å²) in [5.41, 5.74) is 2.04. The molecular formula is C24H39NO5S. The van der Waals surface area contributed by atoms with Crippen molar-refractivity contribution in [3.8, 4) is 0 Å². The lowest BCUT2D eigenvalue weighted by atomic mass is 9.99. The number of carbonyl (C=O) groups is 1. The molecule has 6 nitrogen and oxygen atoms in total. The van der Waals surface area contributed by atoms with Crippen LogP contribution in [0.3, 0.4) is 0 Å². The van der Waals surface area contributed by atoms with Crippen molar-refractivity contribution in [2.24, 2.45) is 0 Å². The van der Waals surface area contributed by atoms with Gasteiger partial charge in [0.2, 0.25) is 0 Å². The number of amides is 1. The van der Waals surface area contributed by atoms with Gasteiger partial charge < -0.3 is 10.1 Å². The smallest absolute Gasteiger partial charge is 0.407 e. The summed E-state index contributed by atoms with van der Waals surface area (Å²) in [6.45, 7) is 6.72. The van der Waals surface area contributed by atoms with Crippen molar-refractivity contribution >= 4 is 16.2 Å². The molecule has 31 heavy (non-hydrogen) atoms. The molecule has 0 heterocycles. The topological polar surface area (TPSA) is 81.7 Å². The standard InChI is InChI=1S/C24H39NO5S/c1-4-5-6-10-17-23(25-24(26)29-20-22-15-8-7-9-16-22)18-11-13-21(2)14-12-19-30-31(3,27)28/h7-9,15-16,23H,2,4-6,10-14,17-20H2,1,3H3,(H,25,26)/t23-/m1/s1. The fourth-order valence-electron chi connectivity index (χ4n) is 3.29. The van der Waals surface area contributed by atoms with Crippen molar-refractivity contribution < 1.29 is 22.1 Å². The van der Waals surface area contributed by atoms with Crippen molar-refractivity contribution in [3.05, 3.63) is 48.0 Å². The molecule has 1 rings (SSSR count). The van der Waals surface area contributed by atoms with Gasteiger partial charge in [0, 0.05) is 6.04 Å². The molecule has 0 aliphatic rings. The molecular weight excluding hydrogens is 414 g/mol. The number of carbonyl (C=O) groups excluding carboxylic acids is 1. The average molecular weight is 454 g/mol. The van der Waals surface area contributed by atoms with Crippen molar-refractivity contribution in [3.63, 3.8) is 0 Å². The number of ether oxygens (including phenoxy) is 1. The molecule has 7 heteroatoms. The minimum Gasteiger partial charge on any atom is -0.445 e. The third-order valence-electron chi connectivity index (χ3n) is 5.00. The van der Waals surface area contributed by atoms with Crippen LogP contribution in [0.25, 0.3) is 0 Å². The third-order valence-corrected chi connectivity index (χ3v) is 5.59. The SMILES string of the molecule is C=C(CCCOS(C)(=O)=O)CCC[C@@H](CCCCCC)NC(=O)OCc1ccccc1. The van der Waals surface area contributed by atoms with Crippen LogP contribution in [0.1, 0.15) is 76.7 Å². The lowest BCUT2D eigenvalue weighted by Crippen LogP contribution is -2.35. The van der Waals surface area contributed by atoms with Crippen LogP contribution in [-0.4, -0.2) is 33.4 Å². The molecule has 0 saturated heterocycles. The first-order valence-corrected chi connectivity index (χ1v) is 13.1. The summed E-state index contributed by atoms with van der Waals surface area (Å²) in [6, 6.07) is 9.73. The molecule has 1 N–H and O–H groups in total. The zero-order valence-corrected chi connectivity index (χ0v) is 19.9. The van der Waals surface area contributed by atoms with Crippen LogP contribution >= 0.6 is 0 Å². The van der Waals surface area contributed by atoms with E-state index in [9.17, 15) is 13.2 Å². The zero-order chi connectivity index (χ0) is 23.0. The van der Waals surface area contributed by atoms with Gasteiger partial charge in [-0.25, -0.2) is 4.79 Å². The van der Waals surface area contributed by atoms with Gasteiger partial charge in [-0.2, -0.15) is 8.42 Å². The van der Waals surface area contributed by atoms with Crippen LogP contribution in [0.4, 0.5) is 4.79 Å². The second kappa shape index (κ2) is 15.9. The summed E-state index contributed by atoms with van der Waals surface area (Å²) < 4.78 is 32.1. The Morgan fingerprint density at radius 2 is 1.71 bits per heavy atom. The Balaban J connectivity index is 2.35. The number of hydrogen-bond donors (Lipinski definition) is 1. The monoisotopic (exact) mass is 453 g/mol. The second-order valence-corrected chi connectivity index (χ2v) is 9.67. The third kappa shape index (κ3) is 15.6. The molecule has 0 spiro atoms. The summed E-state index contributed by atoms with van der Waals surface area (Å²) in [5.74, 6) is 0. The highest BCUT2D eigenvalue weighted by atomic mass is 32.2. The van der Waals surface area contributed by atoms with E-state index in [4.69, 9.17) is 8.92 Å². The average Bonchev–Trinajstić information content (AvgIpc) is 2.72. The number of allylic oxidation sites excluding steroid dienone is 1. The summed E-state index contributed by atoms with van der Waals surface area (Å²) in [4.78, 5) is 12.3. The van der Waals surface area contributed by atoms with Gasteiger partial charge in [0.1, 0.15) is 6.61 Å². The molecule has 1 amide bonds. The highest BCUT2D eigenvalue weighted by Gasteiger charge is 2.13. The number of benzene rings is 1. The first-order chi connectivity index (χ1) is 14.8. The minimum atomic E-state index is -3.38. The number of alkyl carbamates (subject to hydrolysis) is 1. The zero-order valence-electron chi connectivity index (χ0n) is 19.1. The van der Waals surface area contributed by atoms with E-state index in [0.29, 0.717) is 6.42 Å². The van der Waals surface area contributed by atoms with Crippen LogP contribution in [0, 0.1) is 0 Å². The summed E-state index contributed by atoms with van der Waals surface area (Å²) in [7, 11) is -3.38. The molecule has 1 aromatic carbocycles. The van der Waals surface area contributed by atoms with Crippen LogP contribution in [0.2, 0.25) is 0 Å². The van der Waals surface area contributed by atoms with Crippen LogP contribution in [-0.2, 0) is 25.6 Å². The predicted molar refractivity (Wildman–Crippen MR) is 125 cm³/mol. The maximum absolute atomic E-state index is 12.3. The Labute approximate surface area is 188 Å². The van der Waals surface area contributed by atoms with Crippen molar-refractivity contribution in [2.75, 3.05) is 12.9 Å². The number of nitrogens with one attached hydrogen (secondary N) is 1. The predicted octanol–water partition coefficient (Wildman–Crippen LogP) is 5.73. The Morgan fingerprint density at radius 1 is 1.03 bits per heavy atom. The van der Waals surface area contributed by atoms with E-state index >= 15 is 0 Å². The van der Waals surface area contributed by atoms with Crippen molar-refractivity contribution in [1.29, 1.82) is 0 Å². The largest absolute Gasteiger partial charge is 0.445 e. The van der Waals surface area contributed by atoms with Crippen LogP contribution < -0.4 is 5.32 Å². The molecule has 0 bridgehead atoms. The lowest BCUT2D eigenvalue weighted by molar-refractivity contribution is 0.134. The molecule has 0 aliphatic heterocycles. The van der Waals surface area contributed by atoms with Crippen LogP contribution in [0.5, 0.6) is 0 Å². The summed E-state index contributed by atoms with van der Waals surface area (Å²) in [5, 5.41) is 3.03. The maximum atomic E-state index is 12.3. The number of rotatable bonds is 17. The van der Waals surface area contributed by atoms with Gasteiger partial charge in [-0.1, -0.05) is 75.1 Å². The quantitative estimate of drug-likeness (QED) is 0.185. The maximum Gasteiger partial charge on any atom is 0.407 e. The molecule has 0 unspecified atom stereocenters. The fourth-order valence-corrected chi connectivity index (χ4v) is 3.71. The normalized spacial score (nSPS) is 12.3. The summed E-state index contributed by atoms with van der Waals surface area (Å²) >= 11 is 0. The Bertz CT molecular complexity index is 734. The van der Waals surface area contributed by atoms with Gasteiger partial charge in [0.25, 0.3) is 10.1 Å². The van der Waals surface area contributed by atoms with Gasteiger partial charge in [-0.05, 0) is 44.1 Å². The van der Waals surface area contributed by atoms with Gasteiger partial charge in [0.05, 0.1) is 12.9 Å². The molecule has 1 aromatic rings. The molecule has 0 aromatic heterocycles. The summed E-state index contributed by atoms with van der Waals surface area (Å²) in [6.07, 6.45) is 10.3. The highest BCUT2D eigenvalue weighted by molar-refractivity contribution is 7.85. The molecule has 0 fully saturated rings. The number of hydrogen-bond acceptors (Lipinski definition) is 5. The van der Waals surface area contributed by atoms with Gasteiger partial charge >= 0.3 is 6.09 Å². The lowest BCUT2D eigenvalue weighted by Gasteiger charge is -2.19. The van der Waals surface area contributed by atoms with E-state index in [1.54, 1.807) is 0 Å². The van der Waals surface area contributed by atoms with E-state index in [-0.39, 0.29) is 25.3 Å². The first kappa shape index (κ1) is 27.2. The van der Waals surface area contributed by atoms with E-state index < -0.39 is 10.1 Å². The van der Waals surface area contributed by atoms with Crippen molar-refractivity contribution in [1.82, 2.24) is 5.32 Å². The number of unbranched alkanes of at least 4 members (excludes halogenated alkanes) is 3. The molecule has 0 aliphatic carbocycles. The van der Waals surface area contributed by atoms with Gasteiger partial charge in [-0.3, -0.25) is 4.18 Å². The van der Waals surface area contributed by atoms with Gasteiger partial charge in [-0.15, -0.1) is 0 Å². The van der Waals surface area contributed by atoms with E-state index in [2.05, 4.69) is 18.8 Å². The minimum absolute atomic E-state index is 0.0847. The van der Waals surface area contributed by atoms with E-state index in [0.717, 1.165) is 55.9 Å². The van der Waals surface area contributed by atoms with Crippen LogP contribution in [0.15, 0.2) is 42.5 Å². The fraction of sp³-hybridized carbons (Fsp3) is 0.625. The van der Waals surface area contributed by atoms with E-state index in [1.807, 2.05) is 30.3 Å². The van der Waals surface area contributed by atoms with E-state index in [1.165, 1.54) is 19.3 Å². The van der Waals surface area contributed by atoms with Crippen molar-refractivity contribution in [2.45, 2.75) is 83.8 Å². The molecule has 1 atom stereocenters. The molecule has 176 valence electrons. The molecule has 0 saturated carbocycles. The Hall–Kier alpha value is -1.86. The Morgan fingerprint density at radius 3 is 2.39 bits per heavy atom. The first-order valence-electron chi connectivity index (χ1n) is 11.3. The highest BCUT2D eigenvalue weighted by Crippen LogP contribution is 2.16. The molecule has 0 radical (unpaired) electrons.